The first kappa shape index (κ1) is 27.9. The van der Waals surface area contributed by atoms with Gasteiger partial charge in [-0.15, -0.1) is 0 Å². The normalized spacial score (nSPS) is 11.3. The van der Waals surface area contributed by atoms with E-state index in [2.05, 4.69) is 204 Å². The summed E-state index contributed by atoms with van der Waals surface area (Å²) in [7, 11) is 0. The van der Waals surface area contributed by atoms with Crippen molar-refractivity contribution in [3.8, 4) is 27.9 Å². The second kappa shape index (κ2) is 11.8. The zero-order valence-electron chi connectivity index (χ0n) is 26.4. The average molecular weight is 613 g/mol. The molecule has 9 aromatic rings. The van der Waals surface area contributed by atoms with Crippen LogP contribution in [0, 0.1) is 0 Å². The summed E-state index contributed by atoms with van der Waals surface area (Å²) >= 11 is 0. The van der Waals surface area contributed by atoms with Crippen molar-refractivity contribution >= 4 is 49.6 Å². The van der Waals surface area contributed by atoms with Crippen LogP contribution >= 0.6 is 0 Å². The minimum atomic E-state index is 1.10. The second-order valence-corrected chi connectivity index (χ2v) is 12.2. The highest BCUT2D eigenvalue weighted by atomic mass is 15.2. The molecule has 0 fully saturated rings. The lowest BCUT2D eigenvalue weighted by Gasteiger charge is -2.28. The highest BCUT2D eigenvalue weighted by molar-refractivity contribution is 6.25. The van der Waals surface area contributed by atoms with Crippen LogP contribution in [0.1, 0.15) is 0 Å². The van der Waals surface area contributed by atoms with Crippen molar-refractivity contribution in [2.45, 2.75) is 0 Å². The minimum Gasteiger partial charge on any atom is -0.308 e. The Balaban J connectivity index is 1.31. The molecule has 0 bridgehead atoms. The smallest absolute Gasteiger partial charge is 0.0702 e. The largest absolute Gasteiger partial charge is 0.308 e. The van der Waals surface area contributed by atoms with E-state index >= 15 is 0 Å². The van der Waals surface area contributed by atoms with Gasteiger partial charge in [-0.25, -0.2) is 0 Å². The van der Waals surface area contributed by atoms with Gasteiger partial charge in [0.1, 0.15) is 0 Å². The molecule has 0 aliphatic rings. The van der Waals surface area contributed by atoms with Gasteiger partial charge in [-0.3, -0.25) is 0 Å². The lowest BCUT2D eigenvalue weighted by Crippen LogP contribution is -2.13. The molecule has 0 unspecified atom stereocenters. The fourth-order valence-electron chi connectivity index (χ4n) is 7.23. The molecule has 0 saturated carbocycles. The number of aromatic nitrogens is 1. The molecule has 8 aromatic carbocycles. The summed E-state index contributed by atoms with van der Waals surface area (Å²) in [6.45, 7) is 0. The summed E-state index contributed by atoms with van der Waals surface area (Å²) in [5.41, 5.74) is 11.7. The number of hydrogen-bond donors (Lipinski definition) is 0. The van der Waals surface area contributed by atoms with Crippen molar-refractivity contribution in [2.24, 2.45) is 0 Å². The first-order chi connectivity index (χ1) is 23.8. The van der Waals surface area contributed by atoms with Crippen LogP contribution in [0.5, 0.6) is 0 Å². The standard InChI is InChI=1S/C46H32N2/c1-4-15-33(16-5-1)34-27-30-38(31-28-34)47(37-20-8-3-9-21-37)42-25-12-13-26-43(42)48-41-24-11-10-22-40(41)46-44(48)32-29-36-19-14-23-39(45(36)46)35-17-6-2-7-18-35/h1-32H. The Kier molecular flexibility index (Phi) is 6.84. The number of fused-ring (bicyclic) bond motifs is 5. The summed E-state index contributed by atoms with van der Waals surface area (Å²) < 4.78 is 2.45. The Morgan fingerprint density at radius 2 is 0.958 bits per heavy atom. The maximum absolute atomic E-state index is 2.45. The minimum absolute atomic E-state index is 1.10. The molecule has 0 radical (unpaired) electrons. The van der Waals surface area contributed by atoms with E-state index in [-0.39, 0.29) is 0 Å². The fraction of sp³-hybridized carbons (Fsp3) is 0. The van der Waals surface area contributed by atoms with E-state index in [9.17, 15) is 0 Å². The maximum atomic E-state index is 2.45. The third-order valence-corrected chi connectivity index (χ3v) is 9.37. The van der Waals surface area contributed by atoms with E-state index in [1.54, 1.807) is 0 Å². The lowest BCUT2D eigenvalue weighted by molar-refractivity contribution is 1.15. The highest BCUT2D eigenvalue weighted by Crippen LogP contribution is 2.44. The number of para-hydroxylation sites is 4. The van der Waals surface area contributed by atoms with Crippen molar-refractivity contribution in [2.75, 3.05) is 4.90 Å². The molecule has 0 aliphatic heterocycles. The van der Waals surface area contributed by atoms with Gasteiger partial charge in [0.05, 0.1) is 22.4 Å². The first-order valence-electron chi connectivity index (χ1n) is 16.5. The molecule has 2 heteroatoms. The van der Waals surface area contributed by atoms with Crippen LogP contribution in [-0.2, 0) is 0 Å². The Hall–Kier alpha value is -6.38. The topological polar surface area (TPSA) is 8.17 Å². The van der Waals surface area contributed by atoms with Crippen LogP contribution < -0.4 is 4.90 Å². The summed E-state index contributed by atoms with van der Waals surface area (Å²) in [5, 5.41) is 5.04. The number of nitrogens with zero attached hydrogens (tertiary/aromatic N) is 2. The van der Waals surface area contributed by atoms with Crippen molar-refractivity contribution < 1.29 is 0 Å². The first-order valence-corrected chi connectivity index (χ1v) is 16.5. The quantitative estimate of drug-likeness (QED) is 0.181. The molecule has 9 rings (SSSR count). The Labute approximate surface area is 280 Å². The van der Waals surface area contributed by atoms with Crippen molar-refractivity contribution in [3.05, 3.63) is 194 Å². The van der Waals surface area contributed by atoms with Crippen LogP contribution in [0.4, 0.5) is 17.1 Å². The maximum Gasteiger partial charge on any atom is 0.0702 e. The van der Waals surface area contributed by atoms with Crippen molar-refractivity contribution in [1.29, 1.82) is 0 Å². The number of hydrogen-bond acceptors (Lipinski definition) is 1. The third-order valence-electron chi connectivity index (χ3n) is 9.37. The van der Waals surface area contributed by atoms with E-state index < -0.39 is 0 Å². The van der Waals surface area contributed by atoms with Gasteiger partial charge in [-0.1, -0.05) is 146 Å². The van der Waals surface area contributed by atoms with Crippen LogP contribution in [0.2, 0.25) is 0 Å². The molecule has 48 heavy (non-hydrogen) atoms. The number of anilines is 3. The van der Waals surface area contributed by atoms with Gasteiger partial charge in [0.2, 0.25) is 0 Å². The predicted octanol–water partition coefficient (Wildman–Crippen LogP) is 12.7. The van der Waals surface area contributed by atoms with Gasteiger partial charge in [0.25, 0.3) is 0 Å². The van der Waals surface area contributed by atoms with E-state index in [0.717, 1.165) is 22.7 Å². The van der Waals surface area contributed by atoms with Crippen LogP contribution in [0.15, 0.2) is 194 Å². The number of rotatable bonds is 6. The second-order valence-electron chi connectivity index (χ2n) is 12.2. The van der Waals surface area contributed by atoms with E-state index in [0.29, 0.717) is 0 Å². The average Bonchev–Trinajstić information content (AvgIpc) is 3.51. The fourth-order valence-corrected chi connectivity index (χ4v) is 7.23. The summed E-state index contributed by atoms with van der Waals surface area (Å²) in [6.07, 6.45) is 0. The van der Waals surface area contributed by atoms with Gasteiger partial charge >= 0.3 is 0 Å². The van der Waals surface area contributed by atoms with Gasteiger partial charge in [0, 0.05) is 22.1 Å². The molecular weight excluding hydrogens is 581 g/mol. The Morgan fingerprint density at radius 3 is 1.73 bits per heavy atom. The lowest BCUT2D eigenvalue weighted by atomic mass is 9.94. The molecule has 0 saturated heterocycles. The van der Waals surface area contributed by atoms with Gasteiger partial charge in [-0.2, -0.15) is 0 Å². The highest BCUT2D eigenvalue weighted by Gasteiger charge is 2.22. The monoisotopic (exact) mass is 612 g/mol. The number of benzene rings is 8. The summed E-state index contributed by atoms with van der Waals surface area (Å²) in [6, 6.07) is 69.8. The summed E-state index contributed by atoms with van der Waals surface area (Å²) in [4.78, 5) is 2.38. The molecule has 0 N–H and O–H groups in total. The molecule has 1 heterocycles. The SMILES string of the molecule is c1ccc(-c2ccc(N(c3ccccc3)c3ccccc3-n3c4ccccc4c4c5c(-c6ccccc6)cccc5ccc43)cc2)cc1. The van der Waals surface area contributed by atoms with E-state index in [1.165, 1.54) is 54.8 Å². The summed E-state index contributed by atoms with van der Waals surface area (Å²) in [5.74, 6) is 0. The third kappa shape index (κ3) is 4.66. The molecular formula is C46H32N2. The zero-order valence-corrected chi connectivity index (χ0v) is 26.4. The van der Waals surface area contributed by atoms with Crippen molar-refractivity contribution in [1.82, 2.24) is 4.57 Å². The zero-order chi connectivity index (χ0) is 31.9. The van der Waals surface area contributed by atoms with Gasteiger partial charge in [-0.05, 0) is 81.6 Å². The molecule has 0 aliphatic carbocycles. The molecule has 226 valence electrons. The molecule has 1 aromatic heterocycles. The molecule has 0 atom stereocenters. The predicted molar refractivity (Wildman–Crippen MR) is 204 cm³/mol. The van der Waals surface area contributed by atoms with Crippen LogP contribution in [0.25, 0.3) is 60.5 Å². The van der Waals surface area contributed by atoms with E-state index in [4.69, 9.17) is 0 Å². The van der Waals surface area contributed by atoms with Gasteiger partial charge in [0.15, 0.2) is 0 Å². The Morgan fingerprint density at radius 1 is 0.354 bits per heavy atom. The van der Waals surface area contributed by atoms with Crippen LogP contribution in [0.3, 0.4) is 0 Å². The van der Waals surface area contributed by atoms with Crippen molar-refractivity contribution in [3.63, 3.8) is 0 Å². The Bertz CT molecular complexity index is 2530. The molecule has 0 amide bonds. The van der Waals surface area contributed by atoms with Crippen LogP contribution in [-0.4, -0.2) is 4.57 Å². The van der Waals surface area contributed by atoms with Gasteiger partial charge < -0.3 is 9.47 Å². The molecule has 0 spiro atoms. The molecule has 2 nitrogen and oxygen atoms in total. The van der Waals surface area contributed by atoms with E-state index in [1.807, 2.05) is 0 Å².